The van der Waals surface area contributed by atoms with E-state index in [1.807, 2.05) is 0 Å². The summed E-state index contributed by atoms with van der Waals surface area (Å²) in [4.78, 5) is 4.42. The summed E-state index contributed by atoms with van der Waals surface area (Å²) in [6, 6.07) is 0. The molecule has 0 aromatic carbocycles. The highest BCUT2D eigenvalue weighted by Crippen LogP contribution is 2.37. The monoisotopic (exact) mass is 420 g/mol. The first kappa shape index (κ1) is 25.8. The highest BCUT2D eigenvalue weighted by atomic mass is 32.1. The minimum absolute atomic E-state index is 0.0711. The standard InChI is InChI=1S/C24H44N4S/c1-18(2)20(4)24(8,9)14-13-19(3)28(23(5,6)7)17-21(26-29)22(25)27-15-11-10-12-16-27/h18,25,29H,3-4,10-17H2,1-2,5-9H3. The average Bonchev–Trinajstić information content (AvgIpc) is 2.65. The van der Waals surface area contributed by atoms with Crippen molar-refractivity contribution in [2.24, 2.45) is 15.7 Å². The summed E-state index contributed by atoms with van der Waals surface area (Å²) in [6.45, 7) is 26.7. The maximum Gasteiger partial charge on any atom is 0.145 e. The third-order valence-electron chi connectivity index (χ3n) is 6.17. The molecule has 0 bridgehead atoms. The number of piperidine rings is 1. The third kappa shape index (κ3) is 7.51. The Labute approximate surface area is 185 Å². The lowest BCUT2D eigenvalue weighted by atomic mass is 9.76. The van der Waals surface area contributed by atoms with Gasteiger partial charge in [-0.1, -0.05) is 46.4 Å². The highest BCUT2D eigenvalue weighted by molar-refractivity contribution is 7.79. The maximum atomic E-state index is 8.66. The van der Waals surface area contributed by atoms with Crippen molar-refractivity contribution in [3.05, 3.63) is 24.4 Å². The molecule has 0 amide bonds. The van der Waals surface area contributed by atoms with Gasteiger partial charge >= 0.3 is 0 Å². The number of nitrogens with one attached hydrogen (secondary N) is 1. The van der Waals surface area contributed by atoms with Crippen LogP contribution in [0.1, 0.15) is 80.6 Å². The van der Waals surface area contributed by atoms with E-state index >= 15 is 0 Å². The molecule has 166 valence electrons. The van der Waals surface area contributed by atoms with Gasteiger partial charge in [0, 0.05) is 24.3 Å². The first-order valence-electron chi connectivity index (χ1n) is 11.0. The zero-order valence-electron chi connectivity index (χ0n) is 19.9. The number of hydrogen-bond acceptors (Lipinski definition) is 4. The molecule has 29 heavy (non-hydrogen) atoms. The predicted molar refractivity (Wildman–Crippen MR) is 132 cm³/mol. The van der Waals surface area contributed by atoms with Gasteiger partial charge in [0.25, 0.3) is 0 Å². The molecule has 4 nitrogen and oxygen atoms in total. The van der Waals surface area contributed by atoms with Crippen LogP contribution in [-0.2, 0) is 0 Å². The minimum atomic E-state index is -0.109. The van der Waals surface area contributed by atoms with Gasteiger partial charge < -0.3 is 9.80 Å². The molecule has 0 aliphatic carbocycles. The molecule has 0 atom stereocenters. The molecule has 0 spiro atoms. The van der Waals surface area contributed by atoms with Crippen molar-refractivity contribution in [2.45, 2.75) is 86.1 Å². The lowest BCUT2D eigenvalue weighted by Crippen LogP contribution is -2.48. The largest absolute Gasteiger partial charge is 0.364 e. The number of hydrogen-bond donors (Lipinski definition) is 2. The van der Waals surface area contributed by atoms with E-state index in [2.05, 4.69) is 88.6 Å². The van der Waals surface area contributed by atoms with Gasteiger partial charge in [0.05, 0.1) is 6.54 Å². The molecule has 1 aliphatic heterocycles. The van der Waals surface area contributed by atoms with E-state index in [-0.39, 0.29) is 11.0 Å². The van der Waals surface area contributed by atoms with Crippen LogP contribution in [0, 0.1) is 16.7 Å². The van der Waals surface area contributed by atoms with E-state index in [0.29, 0.717) is 18.3 Å². The van der Waals surface area contributed by atoms with Crippen molar-refractivity contribution in [2.75, 3.05) is 19.6 Å². The molecule has 0 aromatic heterocycles. The number of allylic oxidation sites excluding steroid dienone is 2. The molecule has 1 saturated heterocycles. The highest BCUT2D eigenvalue weighted by Gasteiger charge is 2.29. The summed E-state index contributed by atoms with van der Waals surface area (Å²) in [5.74, 6) is 0.986. The van der Waals surface area contributed by atoms with E-state index in [0.717, 1.165) is 50.2 Å². The molecule has 1 aliphatic rings. The third-order valence-corrected chi connectivity index (χ3v) is 6.41. The molecule has 0 saturated carbocycles. The van der Waals surface area contributed by atoms with Crippen LogP contribution in [-0.4, -0.2) is 46.5 Å². The van der Waals surface area contributed by atoms with Gasteiger partial charge in [0.15, 0.2) is 0 Å². The average molecular weight is 421 g/mol. The first-order valence-corrected chi connectivity index (χ1v) is 11.4. The Bertz CT molecular complexity index is 619. The fraction of sp³-hybridized carbons (Fsp3) is 0.750. The molecule has 5 heteroatoms. The summed E-state index contributed by atoms with van der Waals surface area (Å²) in [5.41, 5.74) is 3.06. The summed E-state index contributed by atoms with van der Waals surface area (Å²) < 4.78 is 4.21. The summed E-state index contributed by atoms with van der Waals surface area (Å²) >= 11 is 4.21. The molecule has 0 aromatic rings. The van der Waals surface area contributed by atoms with E-state index in [1.54, 1.807) is 0 Å². The topological polar surface area (TPSA) is 42.7 Å². The number of likely N-dealkylation sites (tertiary alicyclic amines) is 1. The van der Waals surface area contributed by atoms with Gasteiger partial charge in [0.2, 0.25) is 0 Å². The van der Waals surface area contributed by atoms with Crippen LogP contribution in [0.15, 0.2) is 28.8 Å². The summed E-state index contributed by atoms with van der Waals surface area (Å²) in [7, 11) is 0. The Morgan fingerprint density at radius 2 is 1.66 bits per heavy atom. The normalized spacial score (nSPS) is 16.2. The Morgan fingerprint density at radius 3 is 2.10 bits per heavy atom. The lowest BCUT2D eigenvalue weighted by molar-refractivity contribution is 0.198. The van der Waals surface area contributed by atoms with Crippen molar-refractivity contribution in [1.82, 2.24) is 9.80 Å². The van der Waals surface area contributed by atoms with Crippen LogP contribution in [0.25, 0.3) is 0 Å². The van der Waals surface area contributed by atoms with Gasteiger partial charge in [-0.05, 0) is 77.0 Å². The zero-order valence-corrected chi connectivity index (χ0v) is 20.8. The van der Waals surface area contributed by atoms with Crippen molar-refractivity contribution >= 4 is 24.4 Å². The zero-order chi connectivity index (χ0) is 22.4. The van der Waals surface area contributed by atoms with Crippen molar-refractivity contribution < 1.29 is 0 Å². The molecule has 0 unspecified atom stereocenters. The fourth-order valence-electron chi connectivity index (χ4n) is 3.96. The number of rotatable bonds is 9. The molecule has 0 radical (unpaired) electrons. The SMILES string of the molecule is C=C(CCC(C)(C)C(=C)C(C)C)N(CC(=NS)C(=N)N1CCCCC1)C(C)(C)C. The lowest BCUT2D eigenvalue weighted by Gasteiger charge is -2.41. The molecular formula is C24H44N4S. The van der Waals surface area contributed by atoms with Crippen LogP contribution in [0.3, 0.4) is 0 Å². The van der Waals surface area contributed by atoms with Gasteiger partial charge in [0.1, 0.15) is 11.5 Å². The van der Waals surface area contributed by atoms with Crippen molar-refractivity contribution in [1.29, 1.82) is 5.41 Å². The number of nitrogens with zero attached hydrogens (tertiary/aromatic N) is 3. The van der Waals surface area contributed by atoms with Gasteiger partial charge in [-0.15, -0.1) is 0 Å². The van der Waals surface area contributed by atoms with Gasteiger partial charge in [-0.3, -0.25) is 5.41 Å². The molecule has 1 fully saturated rings. The Balaban J connectivity index is 2.89. The van der Waals surface area contributed by atoms with Gasteiger partial charge in [-0.25, -0.2) is 4.40 Å². The molecule has 1 N–H and O–H groups in total. The first-order chi connectivity index (χ1) is 13.3. The van der Waals surface area contributed by atoms with Crippen LogP contribution in [0.5, 0.6) is 0 Å². The second-order valence-electron chi connectivity index (χ2n) is 10.3. The van der Waals surface area contributed by atoms with Crippen molar-refractivity contribution in [3.63, 3.8) is 0 Å². The van der Waals surface area contributed by atoms with E-state index in [4.69, 9.17) is 5.41 Å². The maximum absolute atomic E-state index is 8.66. The quantitative estimate of drug-likeness (QED) is 0.197. The van der Waals surface area contributed by atoms with E-state index < -0.39 is 0 Å². The van der Waals surface area contributed by atoms with Crippen LogP contribution < -0.4 is 0 Å². The fourth-order valence-corrected chi connectivity index (χ4v) is 4.12. The van der Waals surface area contributed by atoms with Gasteiger partial charge in [-0.2, -0.15) is 0 Å². The Morgan fingerprint density at radius 1 is 1.10 bits per heavy atom. The van der Waals surface area contributed by atoms with Crippen LogP contribution in [0.2, 0.25) is 0 Å². The molecular weight excluding hydrogens is 376 g/mol. The predicted octanol–water partition coefficient (Wildman–Crippen LogP) is 6.37. The van der Waals surface area contributed by atoms with E-state index in [1.165, 1.54) is 12.0 Å². The smallest absolute Gasteiger partial charge is 0.145 e. The minimum Gasteiger partial charge on any atom is -0.364 e. The number of amidine groups is 1. The Hall–Kier alpha value is -1.23. The Kier molecular flexibility index (Phi) is 9.52. The molecule has 1 heterocycles. The second-order valence-corrected chi connectivity index (χ2v) is 10.5. The van der Waals surface area contributed by atoms with Crippen LogP contribution >= 0.6 is 12.8 Å². The van der Waals surface area contributed by atoms with Crippen LogP contribution in [0.4, 0.5) is 0 Å². The number of thiol groups is 1. The van der Waals surface area contributed by atoms with Crippen molar-refractivity contribution in [3.8, 4) is 0 Å². The summed E-state index contributed by atoms with van der Waals surface area (Å²) in [6.07, 6.45) is 5.44. The molecule has 1 rings (SSSR count). The summed E-state index contributed by atoms with van der Waals surface area (Å²) in [5, 5.41) is 8.66. The second kappa shape index (κ2) is 10.7. The van der Waals surface area contributed by atoms with E-state index in [9.17, 15) is 0 Å².